The predicted octanol–water partition coefficient (Wildman–Crippen LogP) is 4.50. The van der Waals surface area contributed by atoms with Crippen molar-refractivity contribution >= 4 is 39.9 Å². The molecule has 1 aromatic heterocycles. The van der Waals surface area contributed by atoms with Gasteiger partial charge in [0, 0.05) is 35.6 Å². The number of hydrogen-bond acceptors (Lipinski definition) is 4. The third-order valence-corrected chi connectivity index (χ3v) is 4.92. The monoisotopic (exact) mass is 376 g/mol. The normalized spacial score (nSPS) is 13.8. The average Bonchev–Trinajstić information content (AvgIpc) is 3.12. The zero-order valence-electron chi connectivity index (χ0n) is 14.6. The summed E-state index contributed by atoms with van der Waals surface area (Å²) in [5.74, 6) is 0.825. The smallest absolute Gasteiger partial charge is 0.227 e. The van der Waals surface area contributed by atoms with E-state index in [2.05, 4.69) is 16.4 Å². The Bertz CT molecular complexity index is 1060. The molecule has 0 aliphatic carbocycles. The van der Waals surface area contributed by atoms with Crippen LogP contribution in [0.5, 0.6) is 0 Å². The number of fused-ring (bicyclic) bond motifs is 1. The SMILES string of the molecule is N#Cc1cc(NCc2ccc(N3CCCC3=O)cc2)nc2ccc(Cl)cc12. The van der Waals surface area contributed by atoms with Crippen molar-refractivity contribution in [1.82, 2.24) is 4.98 Å². The summed E-state index contributed by atoms with van der Waals surface area (Å²) in [6.07, 6.45) is 1.55. The number of carbonyl (C=O) groups is 1. The second-order valence-electron chi connectivity index (χ2n) is 6.50. The van der Waals surface area contributed by atoms with Gasteiger partial charge in [0.05, 0.1) is 17.1 Å². The van der Waals surface area contributed by atoms with E-state index in [0.717, 1.165) is 35.1 Å². The van der Waals surface area contributed by atoms with Crippen LogP contribution in [0.3, 0.4) is 0 Å². The van der Waals surface area contributed by atoms with Gasteiger partial charge in [-0.1, -0.05) is 23.7 Å². The van der Waals surface area contributed by atoms with Gasteiger partial charge < -0.3 is 10.2 Å². The Hall–Kier alpha value is -3.10. The van der Waals surface area contributed by atoms with Gasteiger partial charge in [0.1, 0.15) is 5.82 Å². The van der Waals surface area contributed by atoms with Crippen molar-refractivity contribution in [1.29, 1.82) is 5.26 Å². The van der Waals surface area contributed by atoms with E-state index < -0.39 is 0 Å². The van der Waals surface area contributed by atoms with Gasteiger partial charge in [-0.2, -0.15) is 5.26 Å². The lowest BCUT2D eigenvalue weighted by Crippen LogP contribution is -2.23. The zero-order valence-corrected chi connectivity index (χ0v) is 15.3. The number of nitriles is 1. The fraction of sp³-hybridized carbons (Fsp3) is 0.190. The Balaban J connectivity index is 1.51. The lowest BCUT2D eigenvalue weighted by Gasteiger charge is -2.16. The number of rotatable bonds is 4. The third-order valence-electron chi connectivity index (χ3n) is 4.69. The van der Waals surface area contributed by atoms with Crippen LogP contribution < -0.4 is 10.2 Å². The van der Waals surface area contributed by atoms with E-state index in [9.17, 15) is 10.1 Å². The molecule has 0 radical (unpaired) electrons. The molecule has 27 heavy (non-hydrogen) atoms. The minimum Gasteiger partial charge on any atom is -0.366 e. The minimum absolute atomic E-state index is 0.186. The van der Waals surface area contributed by atoms with Crippen LogP contribution in [0.1, 0.15) is 24.0 Å². The van der Waals surface area contributed by atoms with Gasteiger partial charge in [0.2, 0.25) is 5.91 Å². The molecule has 0 unspecified atom stereocenters. The lowest BCUT2D eigenvalue weighted by atomic mass is 10.1. The number of hydrogen-bond donors (Lipinski definition) is 1. The first kappa shape index (κ1) is 17.3. The van der Waals surface area contributed by atoms with Gasteiger partial charge >= 0.3 is 0 Å². The van der Waals surface area contributed by atoms with Crippen molar-refractivity contribution in [2.24, 2.45) is 0 Å². The Morgan fingerprint density at radius 2 is 2.00 bits per heavy atom. The first-order valence-electron chi connectivity index (χ1n) is 8.77. The number of nitrogens with zero attached hydrogens (tertiary/aromatic N) is 3. The van der Waals surface area contributed by atoms with Crippen LogP contribution in [-0.4, -0.2) is 17.4 Å². The van der Waals surface area contributed by atoms with Crippen molar-refractivity contribution < 1.29 is 4.79 Å². The molecule has 2 aromatic carbocycles. The molecule has 1 saturated heterocycles. The van der Waals surface area contributed by atoms with Crippen LogP contribution in [0, 0.1) is 11.3 Å². The first-order valence-corrected chi connectivity index (χ1v) is 9.15. The Kier molecular flexibility index (Phi) is 4.66. The molecule has 2 heterocycles. The highest BCUT2D eigenvalue weighted by Gasteiger charge is 2.21. The maximum Gasteiger partial charge on any atom is 0.227 e. The molecule has 1 aliphatic heterocycles. The molecule has 1 fully saturated rings. The van der Waals surface area contributed by atoms with Crippen molar-refractivity contribution in [3.8, 4) is 6.07 Å². The Labute approximate surface area is 162 Å². The Morgan fingerprint density at radius 3 is 2.70 bits per heavy atom. The van der Waals surface area contributed by atoms with E-state index in [4.69, 9.17) is 11.6 Å². The van der Waals surface area contributed by atoms with Crippen LogP contribution >= 0.6 is 11.6 Å². The van der Waals surface area contributed by atoms with E-state index in [1.807, 2.05) is 35.2 Å². The maximum atomic E-state index is 11.8. The molecule has 0 spiro atoms. The highest BCUT2D eigenvalue weighted by Crippen LogP contribution is 2.25. The predicted molar refractivity (Wildman–Crippen MR) is 107 cm³/mol. The second kappa shape index (κ2) is 7.26. The largest absolute Gasteiger partial charge is 0.366 e. The van der Waals surface area contributed by atoms with Crippen LogP contribution in [0.25, 0.3) is 10.9 Å². The average molecular weight is 377 g/mol. The summed E-state index contributed by atoms with van der Waals surface area (Å²) in [6.45, 7) is 1.36. The van der Waals surface area contributed by atoms with E-state index in [1.54, 1.807) is 18.2 Å². The fourth-order valence-corrected chi connectivity index (χ4v) is 3.46. The maximum absolute atomic E-state index is 11.8. The number of aromatic nitrogens is 1. The lowest BCUT2D eigenvalue weighted by molar-refractivity contribution is -0.117. The summed E-state index contributed by atoms with van der Waals surface area (Å²) < 4.78 is 0. The number of benzene rings is 2. The minimum atomic E-state index is 0.186. The van der Waals surface area contributed by atoms with Crippen molar-refractivity contribution in [3.63, 3.8) is 0 Å². The van der Waals surface area contributed by atoms with Gasteiger partial charge in [0.15, 0.2) is 0 Å². The van der Waals surface area contributed by atoms with Gasteiger partial charge in [-0.05, 0) is 48.4 Å². The molecule has 0 atom stereocenters. The number of anilines is 2. The van der Waals surface area contributed by atoms with E-state index in [0.29, 0.717) is 29.4 Å². The quantitative estimate of drug-likeness (QED) is 0.727. The molecule has 1 amide bonds. The van der Waals surface area contributed by atoms with Crippen LogP contribution in [0.4, 0.5) is 11.5 Å². The molecule has 0 saturated carbocycles. The summed E-state index contributed by atoms with van der Waals surface area (Å²) >= 11 is 6.02. The summed E-state index contributed by atoms with van der Waals surface area (Å²) in [5.41, 5.74) is 3.27. The van der Waals surface area contributed by atoms with Gasteiger partial charge in [-0.25, -0.2) is 4.98 Å². The molecular weight excluding hydrogens is 360 g/mol. The van der Waals surface area contributed by atoms with Crippen LogP contribution in [0.2, 0.25) is 5.02 Å². The highest BCUT2D eigenvalue weighted by molar-refractivity contribution is 6.31. The first-order chi connectivity index (χ1) is 13.1. The fourth-order valence-electron chi connectivity index (χ4n) is 3.29. The number of amides is 1. The molecular formula is C21H17ClN4O. The second-order valence-corrected chi connectivity index (χ2v) is 6.93. The van der Waals surface area contributed by atoms with Crippen molar-refractivity contribution in [3.05, 3.63) is 64.7 Å². The van der Waals surface area contributed by atoms with Crippen LogP contribution in [0.15, 0.2) is 48.5 Å². The van der Waals surface area contributed by atoms with Gasteiger partial charge in [-0.15, -0.1) is 0 Å². The van der Waals surface area contributed by atoms with Crippen LogP contribution in [-0.2, 0) is 11.3 Å². The van der Waals surface area contributed by atoms with E-state index >= 15 is 0 Å². The van der Waals surface area contributed by atoms with Crippen molar-refractivity contribution in [2.45, 2.75) is 19.4 Å². The molecule has 1 aliphatic rings. The summed E-state index contributed by atoms with van der Waals surface area (Å²) in [4.78, 5) is 18.2. The van der Waals surface area contributed by atoms with Crippen molar-refractivity contribution in [2.75, 3.05) is 16.8 Å². The van der Waals surface area contributed by atoms with Gasteiger partial charge in [0.25, 0.3) is 0 Å². The summed E-state index contributed by atoms with van der Waals surface area (Å²) in [6, 6.07) is 17.2. The Morgan fingerprint density at radius 1 is 1.19 bits per heavy atom. The van der Waals surface area contributed by atoms with E-state index in [1.165, 1.54) is 0 Å². The molecule has 4 rings (SSSR count). The van der Waals surface area contributed by atoms with Gasteiger partial charge in [-0.3, -0.25) is 4.79 Å². The summed E-state index contributed by atoms with van der Waals surface area (Å²) in [5, 5.41) is 14.0. The standard InChI is InChI=1S/C21H17ClN4O/c22-16-5-8-19-18(11-16)15(12-23)10-20(25-19)24-13-14-3-6-17(7-4-14)26-9-1-2-21(26)27/h3-8,10-11H,1-2,9,13H2,(H,24,25). The molecule has 5 nitrogen and oxygen atoms in total. The molecule has 1 N–H and O–H groups in total. The molecule has 134 valence electrons. The number of pyridine rings is 1. The topological polar surface area (TPSA) is 69.0 Å². The zero-order chi connectivity index (χ0) is 18.8. The third kappa shape index (κ3) is 3.57. The molecule has 0 bridgehead atoms. The number of carbonyl (C=O) groups excluding carboxylic acids is 1. The van der Waals surface area contributed by atoms with E-state index in [-0.39, 0.29) is 5.91 Å². The summed E-state index contributed by atoms with van der Waals surface area (Å²) in [7, 11) is 0. The number of nitrogens with one attached hydrogen (secondary N) is 1. The molecule has 3 aromatic rings. The number of halogens is 1. The highest BCUT2D eigenvalue weighted by atomic mass is 35.5. The molecule has 6 heteroatoms.